The summed E-state index contributed by atoms with van der Waals surface area (Å²) in [7, 11) is 0. The van der Waals surface area contributed by atoms with Crippen LogP contribution in [0, 0.1) is 6.92 Å². The molecule has 0 radical (unpaired) electrons. The van der Waals surface area contributed by atoms with Gasteiger partial charge in [0.2, 0.25) is 5.91 Å². The molecule has 1 amide bonds. The van der Waals surface area contributed by atoms with Crippen molar-refractivity contribution in [1.29, 1.82) is 0 Å². The van der Waals surface area contributed by atoms with Crippen LogP contribution in [0.25, 0.3) is 0 Å². The van der Waals surface area contributed by atoms with Crippen LogP contribution in [0.3, 0.4) is 0 Å². The summed E-state index contributed by atoms with van der Waals surface area (Å²) in [6.45, 7) is 4.23. The number of halogens is 1. The predicted molar refractivity (Wildman–Crippen MR) is 106 cm³/mol. The largest absolute Gasteiger partial charge is 0.399 e. The van der Waals surface area contributed by atoms with E-state index in [1.165, 1.54) is 22.3 Å². The van der Waals surface area contributed by atoms with Crippen LogP contribution in [0.2, 0.25) is 0 Å². The van der Waals surface area contributed by atoms with Gasteiger partial charge in [-0.3, -0.25) is 4.79 Å². The summed E-state index contributed by atoms with van der Waals surface area (Å²) < 4.78 is 0. The molecule has 2 unspecified atom stereocenters. The summed E-state index contributed by atoms with van der Waals surface area (Å²) in [6, 6.07) is 14.5. The molecule has 0 aromatic heterocycles. The molecule has 3 N–H and O–H groups in total. The van der Waals surface area contributed by atoms with Gasteiger partial charge in [-0.2, -0.15) is 0 Å². The van der Waals surface area contributed by atoms with E-state index in [1.807, 2.05) is 24.3 Å². The Morgan fingerprint density at radius 1 is 1.28 bits per heavy atom. The van der Waals surface area contributed by atoms with Crippen molar-refractivity contribution in [3.63, 3.8) is 0 Å². The molecule has 1 aliphatic rings. The van der Waals surface area contributed by atoms with E-state index in [2.05, 4.69) is 37.4 Å². The van der Waals surface area contributed by atoms with Crippen molar-refractivity contribution in [3.8, 4) is 0 Å². The van der Waals surface area contributed by atoms with Crippen LogP contribution in [-0.4, -0.2) is 5.91 Å². The molecule has 3 nitrogen and oxygen atoms in total. The Bertz CT molecular complexity index is 744. The summed E-state index contributed by atoms with van der Waals surface area (Å²) in [5, 5.41) is 3.23. The zero-order chi connectivity index (χ0) is 17.1. The molecular formula is C21H27ClN2O. The number of hydrogen-bond acceptors (Lipinski definition) is 2. The van der Waals surface area contributed by atoms with Crippen LogP contribution >= 0.6 is 12.4 Å². The van der Waals surface area contributed by atoms with Crippen LogP contribution in [0.15, 0.2) is 42.5 Å². The summed E-state index contributed by atoms with van der Waals surface area (Å²) >= 11 is 0. The van der Waals surface area contributed by atoms with Gasteiger partial charge in [0.05, 0.1) is 6.04 Å². The molecule has 25 heavy (non-hydrogen) atoms. The van der Waals surface area contributed by atoms with Gasteiger partial charge in [0, 0.05) is 12.1 Å². The maximum Gasteiger partial charge on any atom is 0.221 e. The Balaban J connectivity index is 0.00000225. The van der Waals surface area contributed by atoms with Crippen molar-refractivity contribution in [2.45, 2.75) is 51.5 Å². The van der Waals surface area contributed by atoms with Gasteiger partial charge in [0.1, 0.15) is 0 Å². The van der Waals surface area contributed by atoms with Gasteiger partial charge in [0.25, 0.3) is 0 Å². The van der Waals surface area contributed by atoms with Crippen LogP contribution in [0.1, 0.15) is 60.4 Å². The minimum absolute atomic E-state index is 0. The molecule has 0 fully saturated rings. The van der Waals surface area contributed by atoms with Gasteiger partial charge < -0.3 is 11.1 Å². The Kier molecular flexibility index (Phi) is 6.49. The first-order valence-corrected chi connectivity index (χ1v) is 8.78. The number of amides is 1. The summed E-state index contributed by atoms with van der Waals surface area (Å²) in [6.07, 6.45) is 3.66. The Labute approximate surface area is 156 Å². The molecule has 134 valence electrons. The third kappa shape index (κ3) is 4.55. The number of rotatable bonds is 4. The zero-order valence-electron chi connectivity index (χ0n) is 14.9. The SMILES string of the molecule is Cc1ccccc1C(C)CC(=O)NC1CCCc2cc(N)ccc21.Cl. The monoisotopic (exact) mass is 358 g/mol. The smallest absolute Gasteiger partial charge is 0.221 e. The van der Waals surface area contributed by atoms with E-state index in [0.717, 1.165) is 24.9 Å². The van der Waals surface area contributed by atoms with Gasteiger partial charge in [-0.25, -0.2) is 0 Å². The fourth-order valence-electron chi connectivity index (χ4n) is 3.77. The number of fused-ring (bicyclic) bond motifs is 1. The van der Waals surface area contributed by atoms with Crippen LogP contribution in [0.5, 0.6) is 0 Å². The minimum Gasteiger partial charge on any atom is -0.399 e. The molecule has 3 rings (SSSR count). The second-order valence-corrected chi connectivity index (χ2v) is 6.93. The fourth-order valence-corrected chi connectivity index (χ4v) is 3.77. The van der Waals surface area contributed by atoms with E-state index in [-0.39, 0.29) is 30.3 Å². The molecule has 0 saturated heterocycles. The number of carbonyl (C=O) groups excluding carboxylic acids is 1. The second-order valence-electron chi connectivity index (χ2n) is 6.93. The highest BCUT2D eigenvalue weighted by atomic mass is 35.5. The highest BCUT2D eigenvalue weighted by Crippen LogP contribution is 2.31. The Hall–Kier alpha value is -2.00. The molecule has 2 atom stereocenters. The molecular weight excluding hydrogens is 332 g/mol. The molecule has 0 aliphatic heterocycles. The fraction of sp³-hybridized carbons (Fsp3) is 0.381. The van der Waals surface area contributed by atoms with Gasteiger partial charge in [-0.15, -0.1) is 12.4 Å². The Morgan fingerprint density at radius 3 is 2.80 bits per heavy atom. The molecule has 0 heterocycles. The molecule has 2 aromatic carbocycles. The van der Waals surface area contributed by atoms with Crippen molar-refractivity contribution in [2.75, 3.05) is 5.73 Å². The van der Waals surface area contributed by atoms with E-state index in [1.54, 1.807) is 0 Å². The normalized spacial score (nSPS) is 17.1. The quantitative estimate of drug-likeness (QED) is 0.779. The molecule has 2 aromatic rings. The van der Waals surface area contributed by atoms with Crippen LogP contribution in [-0.2, 0) is 11.2 Å². The van der Waals surface area contributed by atoms with Crippen molar-refractivity contribution in [3.05, 3.63) is 64.7 Å². The lowest BCUT2D eigenvalue weighted by molar-refractivity contribution is -0.122. The Morgan fingerprint density at radius 2 is 2.04 bits per heavy atom. The topological polar surface area (TPSA) is 55.1 Å². The van der Waals surface area contributed by atoms with Crippen molar-refractivity contribution >= 4 is 24.0 Å². The molecule has 1 aliphatic carbocycles. The number of aryl methyl sites for hydroxylation is 2. The summed E-state index contributed by atoms with van der Waals surface area (Å²) in [5.41, 5.74) is 11.7. The molecule has 4 heteroatoms. The number of benzene rings is 2. The lowest BCUT2D eigenvalue weighted by Crippen LogP contribution is -2.31. The van der Waals surface area contributed by atoms with E-state index in [9.17, 15) is 4.79 Å². The van der Waals surface area contributed by atoms with Gasteiger partial charge >= 0.3 is 0 Å². The standard InChI is InChI=1S/C21H26N2O.ClH/c1-14-6-3-4-8-18(14)15(2)12-21(24)23-20-9-5-7-16-13-17(22)10-11-19(16)20;/h3-4,6,8,10-11,13,15,20H,5,7,9,12,22H2,1-2H3,(H,23,24);1H. The van der Waals surface area contributed by atoms with E-state index < -0.39 is 0 Å². The predicted octanol–water partition coefficient (Wildman–Crippen LogP) is 4.69. The second kappa shape index (κ2) is 8.39. The number of anilines is 1. The van der Waals surface area contributed by atoms with E-state index in [4.69, 9.17) is 5.73 Å². The van der Waals surface area contributed by atoms with Crippen molar-refractivity contribution in [2.24, 2.45) is 0 Å². The highest BCUT2D eigenvalue weighted by Gasteiger charge is 2.23. The average molecular weight is 359 g/mol. The first kappa shape index (κ1) is 19.3. The maximum absolute atomic E-state index is 12.5. The molecule has 0 saturated carbocycles. The number of nitrogens with two attached hydrogens (primary N) is 1. The molecule has 0 bridgehead atoms. The van der Waals surface area contributed by atoms with Crippen molar-refractivity contribution in [1.82, 2.24) is 5.32 Å². The van der Waals surface area contributed by atoms with Gasteiger partial charge in [0.15, 0.2) is 0 Å². The molecule has 0 spiro atoms. The number of carbonyl (C=O) groups is 1. The van der Waals surface area contributed by atoms with Crippen molar-refractivity contribution < 1.29 is 4.79 Å². The average Bonchev–Trinajstić information content (AvgIpc) is 2.55. The number of hydrogen-bond donors (Lipinski definition) is 2. The summed E-state index contributed by atoms with van der Waals surface area (Å²) in [4.78, 5) is 12.5. The third-order valence-electron chi connectivity index (χ3n) is 5.03. The summed E-state index contributed by atoms with van der Waals surface area (Å²) in [5.74, 6) is 0.348. The lowest BCUT2D eigenvalue weighted by atomic mass is 9.87. The third-order valence-corrected chi connectivity index (χ3v) is 5.03. The van der Waals surface area contributed by atoms with Gasteiger partial charge in [-0.1, -0.05) is 37.3 Å². The number of nitrogen functional groups attached to an aromatic ring is 1. The van der Waals surface area contributed by atoms with Crippen LogP contribution < -0.4 is 11.1 Å². The first-order chi connectivity index (χ1) is 11.5. The number of nitrogens with one attached hydrogen (secondary N) is 1. The maximum atomic E-state index is 12.5. The van der Waals surface area contributed by atoms with E-state index >= 15 is 0 Å². The lowest BCUT2D eigenvalue weighted by Gasteiger charge is -2.27. The van der Waals surface area contributed by atoms with Crippen LogP contribution in [0.4, 0.5) is 5.69 Å². The zero-order valence-corrected chi connectivity index (χ0v) is 15.7. The minimum atomic E-state index is 0. The highest BCUT2D eigenvalue weighted by molar-refractivity contribution is 5.85. The first-order valence-electron chi connectivity index (χ1n) is 8.78. The van der Waals surface area contributed by atoms with Gasteiger partial charge in [-0.05, 0) is 66.5 Å². The van der Waals surface area contributed by atoms with E-state index in [0.29, 0.717) is 6.42 Å².